The Kier molecular flexibility index (Phi) is 5.82. The second kappa shape index (κ2) is 7.84. The van der Waals surface area contributed by atoms with Crippen molar-refractivity contribution in [3.63, 3.8) is 0 Å². The molecule has 21 heavy (non-hydrogen) atoms. The van der Waals surface area contributed by atoms with Gasteiger partial charge in [0.15, 0.2) is 0 Å². The van der Waals surface area contributed by atoms with E-state index in [1.54, 1.807) is 12.1 Å². The van der Waals surface area contributed by atoms with Crippen LogP contribution in [0.25, 0.3) is 0 Å². The van der Waals surface area contributed by atoms with Gasteiger partial charge in [-0.3, -0.25) is 0 Å². The molecule has 2 heteroatoms. The van der Waals surface area contributed by atoms with Crippen molar-refractivity contribution in [3.8, 4) is 5.75 Å². The standard InChI is InChI=1S/C19H25NO/c1-3-12-20-18(13-16-6-4-15(2)5-7-16)14-17-8-10-19(21)11-9-17/h4-11,18,20-21H,3,12-14H2,1-2H3. The third-order valence-corrected chi connectivity index (χ3v) is 3.70. The average Bonchev–Trinajstić information content (AvgIpc) is 2.49. The van der Waals surface area contributed by atoms with E-state index in [0.717, 1.165) is 25.8 Å². The maximum absolute atomic E-state index is 9.38. The predicted octanol–water partition coefficient (Wildman–Crippen LogP) is 3.85. The summed E-state index contributed by atoms with van der Waals surface area (Å²) >= 11 is 0. The second-order valence-corrected chi connectivity index (χ2v) is 5.71. The molecule has 0 aliphatic heterocycles. The van der Waals surface area contributed by atoms with Crippen LogP contribution in [-0.4, -0.2) is 17.7 Å². The summed E-state index contributed by atoms with van der Waals surface area (Å²) in [6.07, 6.45) is 3.15. The van der Waals surface area contributed by atoms with Crippen molar-refractivity contribution >= 4 is 0 Å². The van der Waals surface area contributed by atoms with E-state index in [2.05, 4.69) is 43.4 Å². The van der Waals surface area contributed by atoms with Crippen LogP contribution >= 0.6 is 0 Å². The maximum atomic E-state index is 9.38. The lowest BCUT2D eigenvalue weighted by Gasteiger charge is -2.19. The molecule has 0 aliphatic rings. The number of phenolic OH excluding ortho intramolecular Hbond substituents is 1. The Bertz CT molecular complexity index is 483. The highest BCUT2D eigenvalue weighted by molar-refractivity contribution is 5.27. The minimum atomic E-state index is 0.329. The third kappa shape index (κ3) is 5.24. The van der Waals surface area contributed by atoms with Gasteiger partial charge in [0, 0.05) is 6.04 Å². The van der Waals surface area contributed by atoms with Crippen LogP contribution < -0.4 is 5.32 Å². The Morgan fingerprint density at radius 2 is 1.43 bits per heavy atom. The largest absolute Gasteiger partial charge is 0.508 e. The fourth-order valence-corrected chi connectivity index (χ4v) is 2.49. The summed E-state index contributed by atoms with van der Waals surface area (Å²) in [7, 11) is 0. The van der Waals surface area contributed by atoms with E-state index in [9.17, 15) is 5.11 Å². The first-order valence-corrected chi connectivity index (χ1v) is 7.74. The molecule has 0 amide bonds. The highest BCUT2D eigenvalue weighted by Gasteiger charge is 2.10. The SMILES string of the molecule is CCCNC(Cc1ccc(C)cc1)Cc1ccc(O)cc1. The van der Waals surface area contributed by atoms with Crippen LogP contribution in [0.2, 0.25) is 0 Å². The molecule has 0 heterocycles. The van der Waals surface area contributed by atoms with E-state index in [0.29, 0.717) is 11.8 Å². The Morgan fingerprint density at radius 3 is 1.95 bits per heavy atom. The molecule has 2 aromatic rings. The zero-order valence-corrected chi connectivity index (χ0v) is 13.0. The van der Waals surface area contributed by atoms with Gasteiger partial charge in [0.25, 0.3) is 0 Å². The zero-order chi connectivity index (χ0) is 15.1. The predicted molar refractivity (Wildman–Crippen MR) is 88.8 cm³/mol. The number of hydrogen-bond donors (Lipinski definition) is 2. The quantitative estimate of drug-likeness (QED) is 0.809. The van der Waals surface area contributed by atoms with Crippen LogP contribution in [0.4, 0.5) is 0 Å². The van der Waals surface area contributed by atoms with Gasteiger partial charge in [-0.05, 0) is 56.0 Å². The molecule has 0 aromatic heterocycles. The lowest BCUT2D eigenvalue weighted by atomic mass is 9.98. The molecule has 2 N–H and O–H groups in total. The monoisotopic (exact) mass is 283 g/mol. The molecular weight excluding hydrogens is 258 g/mol. The van der Waals surface area contributed by atoms with Gasteiger partial charge in [0.05, 0.1) is 0 Å². The number of nitrogens with one attached hydrogen (secondary N) is 1. The van der Waals surface area contributed by atoms with Gasteiger partial charge < -0.3 is 10.4 Å². The van der Waals surface area contributed by atoms with E-state index in [1.165, 1.54) is 16.7 Å². The van der Waals surface area contributed by atoms with Crippen molar-refractivity contribution in [2.45, 2.75) is 39.2 Å². The normalized spacial score (nSPS) is 12.3. The summed E-state index contributed by atoms with van der Waals surface area (Å²) in [4.78, 5) is 0. The van der Waals surface area contributed by atoms with Crippen molar-refractivity contribution in [1.82, 2.24) is 5.32 Å². The van der Waals surface area contributed by atoms with Crippen LogP contribution in [0, 0.1) is 6.92 Å². The zero-order valence-electron chi connectivity index (χ0n) is 13.0. The van der Waals surface area contributed by atoms with Crippen LogP contribution in [-0.2, 0) is 12.8 Å². The van der Waals surface area contributed by atoms with Crippen molar-refractivity contribution in [1.29, 1.82) is 0 Å². The van der Waals surface area contributed by atoms with Gasteiger partial charge >= 0.3 is 0 Å². The fraction of sp³-hybridized carbons (Fsp3) is 0.368. The first-order chi connectivity index (χ1) is 10.2. The first-order valence-electron chi connectivity index (χ1n) is 7.74. The molecule has 0 aliphatic carbocycles. The number of rotatable bonds is 7. The van der Waals surface area contributed by atoms with Crippen molar-refractivity contribution in [3.05, 3.63) is 65.2 Å². The Labute approximate surface area is 127 Å². The van der Waals surface area contributed by atoms with Gasteiger partial charge in [-0.15, -0.1) is 0 Å². The summed E-state index contributed by atoms with van der Waals surface area (Å²) < 4.78 is 0. The Hall–Kier alpha value is -1.80. The van der Waals surface area contributed by atoms with E-state index >= 15 is 0 Å². The lowest BCUT2D eigenvalue weighted by molar-refractivity contribution is 0.474. The van der Waals surface area contributed by atoms with Gasteiger partial charge in [0.2, 0.25) is 0 Å². The van der Waals surface area contributed by atoms with Gasteiger partial charge in [-0.2, -0.15) is 0 Å². The van der Waals surface area contributed by atoms with E-state index < -0.39 is 0 Å². The molecular formula is C19H25NO. The summed E-state index contributed by atoms with van der Waals surface area (Å²) in [6, 6.07) is 16.7. The first kappa shape index (κ1) is 15.6. The van der Waals surface area contributed by atoms with Crippen molar-refractivity contribution in [2.75, 3.05) is 6.54 Å². The van der Waals surface area contributed by atoms with E-state index in [-0.39, 0.29) is 0 Å². The average molecular weight is 283 g/mol. The van der Waals surface area contributed by atoms with Crippen LogP contribution in [0.3, 0.4) is 0 Å². The molecule has 1 atom stereocenters. The molecule has 0 saturated carbocycles. The number of aryl methyl sites for hydroxylation is 1. The van der Waals surface area contributed by atoms with E-state index in [4.69, 9.17) is 0 Å². The van der Waals surface area contributed by atoms with Crippen molar-refractivity contribution in [2.24, 2.45) is 0 Å². The minimum absolute atomic E-state index is 0.329. The molecule has 0 radical (unpaired) electrons. The molecule has 1 unspecified atom stereocenters. The van der Waals surface area contributed by atoms with Gasteiger partial charge in [0.1, 0.15) is 5.75 Å². The number of benzene rings is 2. The molecule has 2 nitrogen and oxygen atoms in total. The lowest BCUT2D eigenvalue weighted by Crippen LogP contribution is -2.33. The highest BCUT2D eigenvalue weighted by atomic mass is 16.3. The van der Waals surface area contributed by atoms with Crippen LogP contribution in [0.5, 0.6) is 5.75 Å². The molecule has 0 bridgehead atoms. The summed E-state index contributed by atoms with van der Waals surface area (Å²) in [5, 5.41) is 13.0. The third-order valence-electron chi connectivity index (χ3n) is 3.70. The van der Waals surface area contributed by atoms with Gasteiger partial charge in [-0.1, -0.05) is 48.9 Å². The Morgan fingerprint density at radius 1 is 0.905 bits per heavy atom. The maximum Gasteiger partial charge on any atom is 0.115 e. The number of aromatic hydroxyl groups is 1. The summed E-state index contributed by atoms with van der Waals surface area (Å²) in [5.74, 6) is 0.329. The summed E-state index contributed by atoms with van der Waals surface area (Å²) in [5.41, 5.74) is 3.93. The molecule has 2 rings (SSSR count). The molecule has 2 aromatic carbocycles. The van der Waals surface area contributed by atoms with Crippen LogP contribution in [0.1, 0.15) is 30.0 Å². The van der Waals surface area contributed by atoms with Gasteiger partial charge in [-0.25, -0.2) is 0 Å². The smallest absolute Gasteiger partial charge is 0.115 e. The number of phenols is 1. The topological polar surface area (TPSA) is 32.3 Å². The number of hydrogen-bond acceptors (Lipinski definition) is 2. The molecule has 0 fully saturated rings. The van der Waals surface area contributed by atoms with Crippen molar-refractivity contribution < 1.29 is 5.11 Å². The molecule has 112 valence electrons. The fourth-order valence-electron chi connectivity index (χ4n) is 2.49. The molecule has 0 spiro atoms. The second-order valence-electron chi connectivity index (χ2n) is 5.71. The Balaban J connectivity index is 2.02. The van der Waals surface area contributed by atoms with E-state index in [1.807, 2.05) is 12.1 Å². The van der Waals surface area contributed by atoms with Crippen LogP contribution in [0.15, 0.2) is 48.5 Å². The minimum Gasteiger partial charge on any atom is -0.508 e. The summed E-state index contributed by atoms with van der Waals surface area (Å²) in [6.45, 7) is 5.35. The molecule has 0 saturated heterocycles. The highest BCUT2D eigenvalue weighted by Crippen LogP contribution is 2.14.